The van der Waals surface area contributed by atoms with Crippen molar-refractivity contribution < 1.29 is 9.32 Å². The molecule has 2 aromatic rings. The number of hydrogen-bond acceptors (Lipinski definition) is 4. The van der Waals surface area contributed by atoms with E-state index in [9.17, 15) is 4.79 Å². The highest BCUT2D eigenvalue weighted by atomic mass is 35.5. The lowest BCUT2D eigenvalue weighted by molar-refractivity contribution is -0.117. The van der Waals surface area contributed by atoms with Crippen LogP contribution in [0.15, 0.2) is 22.7 Å². The smallest absolute Gasteiger partial charge is 0.227 e. The first-order chi connectivity index (χ1) is 9.04. The molecule has 0 fully saturated rings. The van der Waals surface area contributed by atoms with Crippen molar-refractivity contribution >= 4 is 29.0 Å². The summed E-state index contributed by atoms with van der Waals surface area (Å²) < 4.78 is 5.07. The molecule has 4 nitrogen and oxygen atoms in total. The number of hydrogen-bond donors (Lipinski definition) is 0. The average Bonchev–Trinajstić information content (AvgIpc) is 2.79. The minimum Gasteiger partial charge on any atom is -0.339 e. The fourth-order valence-electron chi connectivity index (χ4n) is 1.58. The second-order valence-electron chi connectivity index (χ2n) is 4.23. The summed E-state index contributed by atoms with van der Waals surface area (Å²) in [5.74, 6) is 1.14. The van der Waals surface area contributed by atoms with Gasteiger partial charge in [-0.15, -0.1) is 0 Å². The van der Waals surface area contributed by atoms with E-state index >= 15 is 0 Å². The Bertz CT molecular complexity index is 596. The van der Waals surface area contributed by atoms with Crippen LogP contribution in [0.25, 0.3) is 0 Å². The Morgan fingerprint density at radius 3 is 2.79 bits per heavy atom. The van der Waals surface area contributed by atoms with E-state index in [1.807, 2.05) is 6.07 Å². The van der Waals surface area contributed by atoms with Crippen molar-refractivity contribution in [2.75, 3.05) is 0 Å². The van der Waals surface area contributed by atoms with E-state index in [1.54, 1.807) is 12.1 Å². The SMILES string of the molecule is CC(=O)CCc1nc(Cc2ccc(Cl)c(Cl)c2)no1. The van der Waals surface area contributed by atoms with Crippen LogP contribution in [0.4, 0.5) is 0 Å². The molecule has 0 aliphatic carbocycles. The molecule has 2 rings (SSSR count). The van der Waals surface area contributed by atoms with Gasteiger partial charge in [0.25, 0.3) is 0 Å². The molecule has 0 amide bonds. The van der Waals surface area contributed by atoms with Crippen molar-refractivity contribution in [2.24, 2.45) is 0 Å². The van der Waals surface area contributed by atoms with Gasteiger partial charge < -0.3 is 9.32 Å². The molecule has 0 spiro atoms. The van der Waals surface area contributed by atoms with E-state index in [1.165, 1.54) is 6.92 Å². The predicted molar refractivity (Wildman–Crippen MR) is 72.6 cm³/mol. The number of ketones is 1. The third-order valence-electron chi connectivity index (χ3n) is 2.55. The molecule has 0 aliphatic rings. The van der Waals surface area contributed by atoms with Crippen molar-refractivity contribution in [3.8, 4) is 0 Å². The monoisotopic (exact) mass is 298 g/mol. The second kappa shape index (κ2) is 6.17. The topological polar surface area (TPSA) is 56.0 Å². The quantitative estimate of drug-likeness (QED) is 0.848. The van der Waals surface area contributed by atoms with Gasteiger partial charge in [0.1, 0.15) is 5.78 Å². The van der Waals surface area contributed by atoms with Gasteiger partial charge in [0.2, 0.25) is 5.89 Å². The van der Waals surface area contributed by atoms with Crippen LogP contribution in [0.1, 0.15) is 30.6 Å². The number of benzene rings is 1. The van der Waals surface area contributed by atoms with E-state index in [0.717, 1.165) is 5.56 Å². The molecule has 0 N–H and O–H groups in total. The second-order valence-corrected chi connectivity index (χ2v) is 5.05. The molecule has 0 aliphatic heterocycles. The summed E-state index contributed by atoms with van der Waals surface area (Å²) in [6.07, 6.45) is 1.40. The van der Waals surface area contributed by atoms with Crippen molar-refractivity contribution in [1.29, 1.82) is 0 Å². The van der Waals surface area contributed by atoms with Crippen LogP contribution in [0.5, 0.6) is 0 Å². The Morgan fingerprint density at radius 1 is 1.32 bits per heavy atom. The van der Waals surface area contributed by atoms with E-state index < -0.39 is 0 Å². The van der Waals surface area contributed by atoms with Gasteiger partial charge >= 0.3 is 0 Å². The van der Waals surface area contributed by atoms with Crippen LogP contribution in [0.3, 0.4) is 0 Å². The summed E-state index contributed by atoms with van der Waals surface area (Å²) >= 11 is 11.8. The molecule has 1 aromatic heterocycles. The zero-order chi connectivity index (χ0) is 13.8. The molecule has 0 bridgehead atoms. The number of aryl methyl sites for hydroxylation is 1. The maximum Gasteiger partial charge on any atom is 0.227 e. The molecular weight excluding hydrogens is 287 g/mol. The molecule has 0 saturated heterocycles. The largest absolute Gasteiger partial charge is 0.339 e. The Hall–Kier alpha value is -1.39. The highest BCUT2D eigenvalue weighted by Gasteiger charge is 2.09. The molecule has 100 valence electrons. The van der Waals surface area contributed by atoms with E-state index in [2.05, 4.69) is 10.1 Å². The van der Waals surface area contributed by atoms with Crippen molar-refractivity contribution in [3.63, 3.8) is 0 Å². The summed E-state index contributed by atoms with van der Waals surface area (Å²) in [6, 6.07) is 5.37. The minimum atomic E-state index is 0.101. The normalized spacial score (nSPS) is 10.7. The summed E-state index contributed by atoms with van der Waals surface area (Å²) in [7, 11) is 0. The predicted octanol–water partition coefficient (Wildman–Crippen LogP) is 3.49. The maximum absolute atomic E-state index is 10.9. The summed E-state index contributed by atoms with van der Waals surface area (Å²) in [4.78, 5) is 15.1. The van der Waals surface area contributed by atoms with Gasteiger partial charge in [-0.3, -0.25) is 0 Å². The number of carbonyl (C=O) groups excluding carboxylic acids is 1. The molecular formula is C13H12Cl2N2O2. The van der Waals surface area contributed by atoms with E-state index in [-0.39, 0.29) is 5.78 Å². The first-order valence-electron chi connectivity index (χ1n) is 5.79. The van der Waals surface area contributed by atoms with E-state index in [0.29, 0.717) is 41.0 Å². The minimum absolute atomic E-state index is 0.101. The van der Waals surface area contributed by atoms with Crippen LogP contribution in [0.2, 0.25) is 10.0 Å². The molecule has 6 heteroatoms. The zero-order valence-corrected chi connectivity index (χ0v) is 11.8. The van der Waals surface area contributed by atoms with Gasteiger partial charge in [0.15, 0.2) is 5.82 Å². The Kier molecular flexibility index (Phi) is 4.56. The van der Waals surface area contributed by atoms with Crippen molar-refractivity contribution in [2.45, 2.75) is 26.2 Å². The van der Waals surface area contributed by atoms with Crippen LogP contribution in [-0.2, 0) is 17.6 Å². The molecule has 1 aromatic carbocycles. The Balaban J connectivity index is 2.02. The number of halogens is 2. The molecule has 19 heavy (non-hydrogen) atoms. The lowest BCUT2D eigenvalue weighted by Crippen LogP contribution is -1.95. The first kappa shape index (κ1) is 14.0. The summed E-state index contributed by atoms with van der Waals surface area (Å²) in [5.41, 5.74) is 0.952. The lowest BCUT2D eigenvalue weighted by atomic mass is 10.1. The number of Topliss-reactive ketones (excluding diaryl/α,β-unsaturated/α-hetero) is 1. The maximum atomic E-state index is 10.9. The number of rotatable bonds is 5. The van der Waals surface area contributed by atoms with Crippen LogP contribution >= 0.6 is 23.2 Å². The summed E-state index contributed by atoms with van der Waals surface area (Å²) in [6.45, 7) is 1.53. The fourth-order valence-corrected chi connectivity index (χ4v) is 1.90. The third-order valence-corrected chi connectivity index (χ3v) is 3.29. The van der Waals surface area contributed by atoms with Gasteiger partial charge in [-0.1, -0.05) is 34.4 Å². The highest BCUT2D eigenvalue weighted by molar-refractivity contribution is 6.42. The Labute approximate surface area is 120 Å². The van der Waals surface area contributed by atoms with Gasteiger partial charge in [-0.05, 0) is 24.6 Å². The Morgan fingerprint density at radius 2 is 2.11 bits per heavy atom. The fraction of sp³-hybridized carbons (Fsp3) is 0.308. The van der Waals surface area contributed by atoms with Gasteiger partial charge in [0, 0.05) is 19.3 Å². The molecule has 0 radical (unpaired) electrons. The first-order valence-corrected chi connectivity index (χ1v) is 6.55. The highest BCUT2D eigenvalue weighted by Crippen LogP contribution is 2.23. The molecule has 0 saturated carbocycles. The van der Waals surface area contributed by atoms with Crippen molar-refractivity contribution in [3.05, 3.63) is 45.5 Å². The number of carbonyl (C=O) groups is 1. The van der Waals surface area contributed by atoms with Crippen LogP contribution in [0, 0.1) is 0 Å². The average molecular weight is 299 g/mol. The zero-order valence-electron chi connectivity index (χ0n) is 10.3. The van der Waals surface area contributed by atoms with Crippen molar-refractivity contribution in [1.82, 2.24) is 10.1 Å². The molecule has 0 atom stereocenters. The van der Waals surface area contributed by atoms with Crippen LogP contribution < -0.4 is 0 Å². The standard InChI is InChI=1S/C13H12Cl2N2O2/c1-8(18)2-5-13-16-12(17-19-13)7-9-3-4-10(14)11(15)6-9/h3-4,6H,2,5,7H2,1H3. The summed E-state index contributed by atoms with van der Waals surface area (Å²) in [5, 5.41) is 4.88. The third kappa shape index (κ3) is 4.04. The molecule has 1 heterocycles. The molecule has 0 unspecified atom stereocenters. The van der Waals surface area contributed by atoms with Crippen LogP contribution in [-0.4, -0.2) is 15.9 Å². The lowest BCUT2D eigenvalue weighted by Gasteiger charge is -1.99. The van der Waals surface area contributed by atoms with E-state index in [4.69, 9.17) is 27.7 Å². The number of aromatic nitrogens is 2. The van der Waals surface area contributed by atoms with Gasteiger partial charge in [-0.25, -0.2) is 0 Å². The number of nitrogens with zero attached hydrogens (tertiary/aromatic N) is 2. The van der Waals surface area contributed by atoms with Gasteiger partial charge in [-0.2, -0.15) is 4.98 Å². The van der Waals surface area contributed by atoms with Gasteiger partial charge in [0.05, 0.1) is 10.0 Å².